The quantitative estimate of drug-likeness (QED) is 0.562. The van der Waals surface area contributed by atoms with Crippen molar-refractivity contribution in [2.75, 3.05) is 0 Å². The van der Waals surface area contributed by atoms with Crippen LogP contribution in [0.5, 0.6) is 0 Å². The Bertz CT molecular complexity index is 442. The van der Waals surface area contributed by atoms with Gasteiger partial charge in [-0.1, -0.05) is 44.6 Å². The molecule has 3 heteroatoms. The molecule has 0 unspecified atom stereocenters. The summed E-state index contributed by atoms with van der Waals surface area (Å²) < 4.78 is 2.12. The molecule has 0 radical (unpaired) electrons. The Morgan fingerprint density at radius 2 is 2.23 bits per heavy atom. The molecule has 0 N–H and O–H groups in total. The number of alkyl halides is 1. The van der Waals surface area contributed by atoms with Gasteiger partial charge in [-0.3, -0.25) is 4.98 Å². The van der Waals surface area contributed by atoms with Gasteiger partial charge in [0.1, 0.15) is 0 Å². The number of aromatic nitrogens is 1. The van der Waals surface area contributed by atoms with E-state index < -0.39 is 0 Å². The molecule has 0 saturated carbocycles. The number of hydrogen-bond donors (Lipinski definition) is 0. The van der Waals surface area contributed by atoms with Gasteiger partial charge in [0.2, 0.25) is 0 Å². The molecule has 0 amide bonds. The van der Waals surface area contributed by atoms with E-state index in [1.54, 1.807) is 0 Å². The number of hydrogen-bond acceptors (Lipinski definition) is 1. The van der Waals surface area contributed by atoms with Gasteiger partial charge in [-0.05, 0) is 23.8 Å². The number of benzene rings is 1. The first-order valence-corrected chi connectivity index (χ1v) is 6.22. The van der Waals surface area contributed by atoms with Crippen LogP contribution >= 0.6 is 38.5 Å². The molecule has 13 heavy (non-hydrogen) atoms. The maximum Gasteiger partial charge on any atom is 0.0742 e. The lowest BCUT2D eigenvalue weighted by Crippen LogP contribution is -1.85. The van der Waals surface area contributed by atoms with Crippen LogP contribution in [0.4, 0.5) is 0 Å². The van der Waals surface area contributed by atoms with Crippen molar-refractivity contribution < 1.29 is 0 Å². The van der Waals surface area contributed by atoms with Crippen LogP contribution in [-0.4, -0.2) is 4.98 Å². The third-order valence-electron chi connectivity index (χ3n) is 1.89. The second-order valence-corrected chi connectivity index (χ2v) is 4.45. The van der Waals surface area contributed by atoms with Crippen molar-refractivity contribution in [3.8, 4) is 0 Å². The van der Waals surface area contributed by atoms with Gasteiger partial charge in [0.15, 0.2) is 0 Å². The number of nitrogens with zero attached hydrogens (tertiary/aromatic N) is 1. The van der Waals surface area contributed by atoms with Gasteiger partial charge < -0.3 is 0 Å². The van der Waals surface area contributed by atoms with Gasteiger partial charge in [0.05, 0.1) is 5.52 Å². The van der Waals surface area contributed by atoms with Gasteiger partial charge >= 0.3 is 0 Å². The number of halogens is 2. The molecule has 66 valence electrons. The fourth-order valence-electron chi connectivity index (χ4n) is 1.33. The topological polar surface area (TPSA) is 12.9 Å². The molecule has 2 aromatic rings. The van der Waals surface area contributed by atoms with E-state index >= 15 is 0 Å². The monoisotopic (exact) mass is 347 g/mol. The normalized spacial score (nSPS) is 10.6. The molecule has 0 spiro atoms. The summed E-state index contributed by atoms with van der Waals surface area (Å²) in [5.41, 5.74) is 2.39. The van der Waals surface area contributed by atoms with Gasteiger partial charge in [-0.25, -0.2) is 0 Å². The van der Waals surface area contributed by atoms with E-state index in [0.717, 1.165) is 14.4 Å². The summed E-state index contributed by atoms with van der Waals surface area (Å²) >= 11 is 5.85. The lowest BCUT2D eigenvalue weighted by atomic mass is 10.1. The van der Waals surface area contributed by atoms with Crippen LogP contribution in [0, 0.1) is 0 Å². The Morgan fingerprint density at radius 1 is 1.38 bits per heavy atom. The highest BCUT2D eigenvalue weighted by Gasteiger charge is 2.01. The fraction of sp³-hybridized carbons (Fsp3) is 0.100. The zero-order valence-corrected chi connectivity index (χ0v) is 10.5. The third-order valence-corrected chi connectivity index (χ3v) is 3.17. The molecular formula is C10H7BrIN. The molecule has 0 atom stereocenters. The van der Waals surface area contributed by atoms with Crippen LogP contribution < -0.4 is 0 Å². The Kier molecular flexibility index (Phi) is 2.83. The SMILES string of the molecule is Brc1cc(CI)c2ncccc2c1. The van der Waals surface area contributed by atoms with Crippen molar-refractivity contribution in [3.63, 3.8) is 0 Å². The van der Waals surface area contributed by atoms with Crippen LogP contribution in [0.15, 0.2) is 34.9 Å². The summed E-state index contributed by atoms with van der Waals surface area (Å²) in [5.74, 6) is 0. The number of fused-ring (bicyclic) bond motifs is 1. The molecular weight excluding hydrogens is 341 g/mol. The minimum Gasteiger partial charge on any atom is -0.256 e. The highest BCUT2D eigenvalue weighted by Crippen LogP contribution is 2.24. The summed E-state index contributed by atoms with van der Waals surface area (Å²) in [5, 5.41) is 1.20. The maximum absolute atomic E-state index is 4.37. The Balaban J connectivity index is 2.81. The number of rotatable bonds is 1. The second kappa shape index (κ2) is 3.92. The lowest BCUT2D eigenvalue weighted by Gasteiger charge is -2.02. The average Bonchev–Trinajstić information content (AvgIpc) is 2.16. The molecule has 0 aliphatic heterocycles. The maximum atomic E-state index is 4.37. The van der Waals surface area contributed by atoms with Crippen molar-refractivity contribution in [2.24, 2.45) is 0 Å². The predicted molar refractivity (Wildman–Crippen MR) is 67.2 cm³/mol. The zero-order valence-electron chi connectivity index (χ0n) is 6.80. The molecule has 0 aliphatic rings. The third kappa shape index (κ3) is 1.86. The molecule has 0 bridgehead atoms. The smallest absolute Gasteiger partial charge is 0.0742 e. The van der Waals surface area contributed by atoms with Crippen LogP contribution in [0.25, 0.3) is 10.9 Å². The zero-order chi connectivity index (χ0) is 9.26. The van der Waals surface area contributed by atoms with Crippen LogP contribution in [0.3, 0.4) is 0 Å². The minimum absolute atomic E-state index is 0.991. The summed E-state index contributed by atoms with van der Waals surface area (Å²) in [6, 6.07) is 8.27. The first kappa shape index (κ1) is 9.40. The van der Waals surface area contributed by atoms with Gasteiger partial charge in [-0.15, -0.1) is 0 Å². The van der Waals surface area contributed by atoms with Crippen LogP contribution in [0.1, 0.15) is 5.56 Å². The van der Waals surface area contributed by atoms with Crippen molar-refractivity contribution >= 4 is 49.4 Å². The highest BCUT2D eigenvalue weighted by molar-refractivity contribution is 14.1. The van der Waals surface area contributed by atoms with Gasteiger partial charge in [0.25, 0.3) is 0 Å². The Hall–Kier alpha value is -0.160. The molecule has 0 aliphatic carbocycles. The van der Waals surface area contributed by atoms with Crippen molar-refractivity contribution in [2.45, 2.75) is 4.43 Å². The molecule has 1 heterocycles. The Labute approximate surface area is 98.8 Å². The fourth-order valence-corrected chi connectivity index (χ4v) is 2.43. The molecule has 2 rings (SSSR count). The van der Waals surface area contributed by atoms with E-state index in [9.17, 15) is 0 Å². The number of pyridine rings is 1. The molecule has 1 nitrogen and oxygen atoms in total. The average molecular weight is 348 g/mol. The molecule has 0 saturated heterocycles. The summed E-state index contributed by atoms with van der Waals surface area (Å²) in [4.78, 5) is 4.37. The van der Waals surface area contributed by atoms with Crippen LogP contribution in [0.2, 0.25) is 0 Å². The van der Waals surface area contributed by atoms with Gasteiger partial charge in [0, 0.05) is 20.5 Å². The molecule has 0 fully saturated rings. The summed E-state index contributed by atoms with van der Waals surface area (Å²) in [7, 11) is 0. The van der Waals surface area contributed by atoms with E-state index in [1.165, 1.54) is 10.9 Å². The second-order valence-electron chi connectivity index (χ2n) is 2.77. The summed E-state index contributed by atoms with van der Waals surface area (Å²) in [6.45, 7) is 0. The minimum atomic E-state index is 0.991. The molecule has 1 aromatic heterocycles. The van der Waals surface area contributed by atoms with Crippen LogP contribution in [-0.2, 0) is 4.43 Å². The van der Waals surface area contributed by atoms with Crippen molar-refractivity contribution in [1.82, 2.24) is 4.98 Å². The predicted octanol–water partition coefficient (Wildman–Crippen LogP) is 3.93. The highest BCUT2D eigenvalue weighted by atomic mass is 127. The first-order valence-electron chi connectivity index (χ1n) is 3.90. The van der Waals surface area contributed by atoms with E-state index in [1.807, 2.05) is 12.3 Å². The first-order chi connectivity index (χ1) is 6.31. The van der Waals surface area contributed by atoms with Crippen molar-refractivity contribution in [1.29, 1.82) is 0 Å². The van der Waals surface area contributed by atoms with E-state index in [4.69, 9.17) is 0 Å². The van der Waals surface area contributed by atoms with Gasteiger partial charge in [-0.2, -0.15) is 0 Å². The van der Waals surface area contributed by atoms with E-state index in [-0.39, 0.29) is 0 Å². The summed E-state index contributed by atoms with van der Waals surface area (Å²) in [6.07, 6.45) is 1.84. The van der Waals surface area contributed by atoms with Crippen molar-refractivity contribution in [3.05, 3.63) is 40.5 Å². The largest absolute Gasteiger partial charge is 0.256 e. The molecule has 1 aromatic carbocycles. The van der Waals surface area contributed by atoms with E-state index in [0.29, 0.717) is 0 Å². The Morgan fingerprint density at radius 3 is 3.00 bits per heavy atom. The standard InChI is InChI=1S/C10H7BrIN/c11-9-4-7-2-1-3-13-10(7)8(5-9)6-12/h1-5H,6H2. The van der Waals surface area contributed by atoms with E-state index in [2.05, 4.69) is 61.7 Å². The lowest BCUT2D eigenvalue weighted by molar-refractivity contribution is 1.36.